The molecule has 7 heteroatoms. The molecule has 0 aromatic heterocycles. The smallest absolute Gasteiger partial charge is 0.243 e. The summed E-state index contributed by atoms with van der Waals surface area (Å²) in [6, 6.07) is 6.77. The van der Waals surface area contributed by atoms with Gasteiger partial charge in [-0.15, -0.1) is 0 Å². The van der Waals surface area contributed by atoms with E-state index in [1.807, 2.05) is 34.6 Å². The number of rotatable bonds is 7. The Hall–Kier alpha value is -1.78. The summed E-state index contributed by atoms with van der Waals surface area (Å²) in [5.41, 5.74) is -0.269. The Kier molecular flexibility index (Phi) is 7.71. The summed E-state index contributed by atoms with van der Waals surface area (Å²) >= 11 is 0. The van der Waals surface area contributed by atoms with Crippen LogP contribution in [0.1, 0.15) is 47.5 Å². The molecule has 0 bridgehead atoms. The van der Waals surface area contributed by atoms with E-state index < -0.39 is 10.0 Å². The van der Waals surface area contributed by atoms with Crippen molar-refractivity contribution >= 4 is 10.0 Å². The van der Waals surface area contributed by atoms with E-state index in [1.165, 1.54) is 16.4 Å². The minimum Gasteiger partial charge on any atom is -0.454 e. The molecule has 0 saturated heterocycles. The fourth-order valence-electron chi connectivity index (χ4n) is 2.50. The van der Waals surface area contributed by atoms with Gasteiger partial charge >= 0.3 is 0 Å². The van der Waals surface area contributed by atoms with Crippen LogP contribution in [0.2, 0.25) is 0 Å². The molecule has 0 amide bonds. The topological polar surface area (TPSA) is 79.6 Å². The van der Waals surface area contributed by atoms with Gasteiger partial charge < -0.3 is 9.47 Å². The standard InChI is InChI=1S/C16H22N2O4S.C2H6/c1-4-18(11-16(2,3)8-5-9-17)23(19,20)13-6-7-14-15(10-13)22-12-21-14;1-2/h6-7,10H,4-5,8,11-12H2,1-3H3;1-2H3. The first-order chi connectivity index (χ1) is 11.8. The Morgan fingerprint density at radius 2 is 1.88 bits per heavy atom. The van der Waals surface area contributed by atoms with Gasteiger partial charge in [0.25, 0.3) is 0 Å². The van der Waals surface area contributed by atoms with Crippen molar-refractivity contribution in [2.24, 2.45) is 5.41 Å². The molecule has 1 aliphatic heterocycles. The third-order valence-corrected chi connectivity index (χ3v) is 5.77. The maximum atomic E-state index is 12.9. The molecule has 6 nitrogen and oxygen atoms in total. The summed E-state index contributed by atoms with van der Waals surface area (Å²) in [7, 11) is -3.62. The van der Waals surface area contributed by atoms with Crippen molar-refractivity contribution in [3.63, 3.8) is 0 Å². The van der Waals surface area contributed by atoms with Crippen LogP contribution in [0.5, 0.6) is 11.5 Å². The van der Waals surface area contributed by atoms with Crippen molar-refractivity contribution < 1.29 is 17.9 Å². The van der Waals surface area contributed by atoms with Crippen LogP contribution in [0.3, 0.4) is 0 Å². The van der Waals surface area contributed by atoms with Crippen molar-refractivity contribution in [3.05, 3.63) is 18.2 Å². The predicted octanol–water partition coefficient (Wildman–Crippen LogP) is 3.78. The second-order valence-electron chi connectivity index (χ2n) is 6.27. The molecule has 1 aromatic carbocycles. The summed E-state index contributed by atoms with van der Waals surface area (Å²) in [4.78, 5) is 0.194. The summed E-state index contributed by atoms with van der Waals surface area (Å²) in [6.45, 7) is 10.6. The van der Waals surface area contributed by atoms with E-state index in [0.717, 1.165) is 0 Å². The number of hydrogen-bond acceptors (Lipinski definition) is 5. The van der Waals surface area contributed by atoms with Gasteiger partial charge in [-0.25, -0.2) is 8.42 Å². The molecule has 1 aliphatic rings. The monoisotopic (exact) mass is 368 g/mol. The van der Waals surface area contributed by atoms with Crippen LogP contribution < -0.4 is 9.47 Å². The zero-order valence-corrected chi connectivity index (χ0v) is 16.5. The Balaban J connectivity index is 0.00000151. The number of hydrogen-bond donors (Lipinski definition) is 0. The first kappa shape index (κ1) is 21.3. The van der Waals surface area contributed by atoms with Crippen molar-refractivity contribution in [2.75, 3.05) is 19.9 Å². The Bertz CT molecular complexity index is 708. The Morgan fingerprint density at radius 1 is 1.24 bits per heavy atom. The van der Waals surface area contributed by atoms with E-state index in [9.17, 15) is 8.42 Å². The van der Waals surface area contributed by atoms with Crippen LogP contribution >= 0.6 is 0 Å². The van der Waals surface area contributed by atoms with Crippen LogP contribution in [0.4, 0.5) is 0 Å². The van der Waals surface area contributed by atoms with Crippen LogP contribution in [0.25, 0.3) is 0 Å². The summed E-state index contributed by atoms with van der Waals surface area (Å²) in [6.07, 6.45) is 1.06. The van der Waals surface area contributed by atoms with Gasteiger partial charge in [0.15, 0.2) is 11.5 Å². The maximum Gasteiger partial charge on any atom is 0.243 e. The highest BCUT2D eigenvalue weighted by Gasteiger charge is 2.30. The molecule has 0 fully saturated rings. The Labute approximate surface area is 151 Å². The van der Waals surface area contributed by atoms with Crippen LogP contribution in [0.15, 0.2) is 23.1 Å². The molecule has 2 rings (SSSR count). The lowest BCUT2D eigenvalue weighted by Crippen LogP contribution is -2.38. The lowest BCUT2D eigenvalue weighted by atomic mass is 9.88. The van der Waals surface area contributed by atoms with Crippen molar-refractivity contribution in [3.8, 4) is 17.6 Å². The molecule has 0 aliphatic carbocycles. The molecule has 1 heterocycles. The molecular formula is C18H28N2O4S. The SMILES string of the molecule is CC.CCN(CC(C)(C)CCC#N)S(=O)(=O)c1ccc2c(c1)OCO2. The number of sulfonamides is 1. The molecule has 0 unspecified atom stereocenters. The first-order valence-corrected chi connectivity index (χ1v) is 10.0. The first-order valence-electron chi connectivity index (χ1n) is 8.57. The zero-order valence-electron chi connectivity index (χ0n) is 15.7. The van der Waals surface area contributed by atoms with Gasteiger partial charge in [-0.05, 0) is 24.0 Å². The van der Waals surface area contributed by atoms with Crippen molar-refractivity contribution in [1.82, 2.24) is 4.31 Å². The van der Waals surface area contributed by atoms with Crippen LogP contribution in [-0.4, -0.2) is 32.6 Å². The highest BCUT2D eigenvalue weighted by molar-refractivity contribution is 7.89. The van der Waals surface area contributed by atoms with Crippen molar-refractivity contribution in [2.45, 2.75) is 52.4 Å². The van der Waals surface area contributed by atoms with E-state index in [1.54, 1.807) is 6.07 Å². The average molecular weight is 368 g/mol. The normalized spacial score (nSPS) is 13.2. The van der Waals surface area contributed by atoms with Gasteiger partial charge in [0.2, 0.25) is 16.8 Å². The minimum absolute atomic E-state index is 0.109. The molecule has 0 spiro atoms. The highest BCUT2D eigenvalue weighted by atomic mass is 32.2. The van der Waals surface area contributed by atoms with Gasteiger partial charge in [0.1, 0.15) is 0 Å². The van der Waals surface area contributed by atoms with Gasteiger partial charge in [-0.2, -0.15) is 9.57 Å². The second-order valence-corrected chi connectivity index (χ2v) is 8.21. The van der Waals surface area contributed by atoms with E-state index in [0.29, 0.717) is 37.4 Å². The fourth-order valence-corrected chi connectivity index (χ4v) is 4.16. The summed E-state index contributed by atoms with van der Waals surface area (Å²) in [5.74, 6) is 1.01. The summed E-state index contributed by atoms with van der Waals surface area (Å²) < 4.78 is 37.7. The number of nitrogens with zero attached hydrogens (tertiary/aromatic N) is 2. The zero-order chi connectivity index (χ0) is 19.1. The lowest BCUT2D eigenvalue weighted by molar-refractivity contribution is 0.174. The lowest BCUT2D eigenvalue weighted by Gasteiger charge is -2.31. The number of ether oxygens (including phenoxy) is 2. The van der Waals surface area contributed by atoms with E-state index in [-0.39, 0.29) is 17.1 Å². The van der Waals surface area contributed by atoms with E-state index >= 15 is 0 Å². The Morgan fingerprint density at radius 3 is 2.48 bits per heavy atom. The minimum atomic E-state index is -3.62. The van der Waals surface area contributed by atoms with E-state index in [2.05, 4.69) is 6.07 Å². The number of nitriles is 1. The third-order valence-electron chi connectivity index (χ3n) is 3.85. The fraction of sp³-hybridized carbons (Fsp3) is 0.611. The molecule has 0 saturated carbocycles. The molecular weight excluding hydrogens is 340 g/mol. The summed E-state index contributed by atoms with van der Waals surface area (Å²) in [5, 5.41) is 8.74. The average Bonchev–Trinajstić information content (AvgIpc) is 3.07. The largest absolute Gasteiger partial charge is 0.454 e. The molecule has 140 valence electrons. The highest BCUT2D eigenvalue weighted by Crippen LogP contribution is 2.35. The quantitative estimate of drug-likeness (QED) is 0.732. The van der Waals surface area contributed by atoms with Gasteiger partial charge in [-0.1, -0.05) is 34.6 Å². The molecule has 1 aromatic rings. The third kappa shape index (κ3) is 5.35. The molecule has 0 atom stereocenters. The van der Waals surface area contributed by atoms with E-state index in [4.69, 9.17) is 14.7 Å². The predicted molar refractivity (Wildman–Crippen MR) is 97.0 cm³/mol. The second kappa shape index (κ2) is 9.07. The molecule has 25 heavy (non-hydrogen) atoms. The van der Waals surface area contributed by atoms with Crippen molar-refractivity contribution in [1.29, 1.82) is 5.26 Å². The van der Waals surface area contributed by atoms with Gasteiger partial charge in [-0.3, -0.25) is 0 Å². The van der Waals surface area contributed by atoms with Gasteiger partial charge in [0.05, 0.1) is 11.0 Å². The number of fused-ring (bicyclic) bond motifs is 1. The molecule has 0 N–H and O–H groups in total. The van der Waals surface area contributed by atoms with Crippen LogP contribution in [-0.2, 0) is 10.0 Å². The number of benzene rings is 1. The van der Waals surface area contributed by atoms with Crippen LogP contribution in [0, 0.1) is 16.7 Å². The maximum absolute atomic E-state index is 12.9. The molecule has 0 radical (unpaired) electrons. The van der Waals surface area contributed by atoms with Gasteiger partial charge in [0, 0.05) is 25.6 Å².